The molecule has 2 aromatic rings. The second-order valence-electron chi connectivity index (χ2n) is 5.80. The second kappa shape index (κ2) is 6.96. The van der Waals surface area contributed by atoms with Gasteiger partial charge >= 0.3 is 0 Å². The summed E-state index contributed by atoms with van der Waals surface area (Å²) in [5.74, 6) is -0.653. The van der Waals surface area contributed by atoms with Crippen LogP contribution in [0.1, 0.15) is 23.6 Å². The Hall–Kier alpha value is -2.14. The van der Waals surface area contributed by atoms with E-state index in [-0.39, 0.29) is 5.75 Å². The number of hydrogen-bond donors (Lipinski definition) is 1. The number of nitrogens with one attached hydrogen (secondary N) is 1. The van der Waals surface area contributed by atoms with Crippen molar-refractivity contribution in [3.05, 3.63) is 65.2 Å². The molecule has 0 saturated heterocycles. The highest BCUT2D eigenvalue weighted by Gasteiger charge is 2.28. The van der Waals surface area contributed by atoms with E-state index in [0.29, 0.717) is 11.3 Å². The van der Waals surface area contributed by atoms with E-state index in [4.69, 9.17) is 0 Å². The molecular formula is C18H21NO3S. The highest BCUT2D eigenvalue weighted by molar-refractivity contribution is 7.92. The van der Waals surface area contributed by atoms with Crippen molar-refractivity contribution in [1.29, 1.82) is 0 Å². The van der Waals surface area contributed by atoms with Crippen LogP contribution in [-0.4, -0.2) is 19.6 Å². The van der Waals surface area contributed by atoms with Crippen LogP contribution in [-0.2, 0) is 20.4 Å². The third-order valence-electron chi connectivity index (χ3n) is 3.60. The molecule has 0 spiro atoms. The van der Waals surface area contributed by atoms with Crippen LogP contribution in [0.25, 0.3) is 0 Å². The normalized spacial score (nSPS) is 12.7. The molecule has 0 fully saturated rings. The zero-order chi connectivity index (χ0) is 17.0. The SMILES string of the molecule is Cc1cc(C)cc(CS(=O)(=O)C(C)C(=O)Nc2ccccc2)c1. The molecule has 0 radical (unpaired) electrons. The first-order valence-corrected chi connectivity index (χ1v) is 9.14. The van der Waals surface area contributed by atoms with Gasteiger partial charge < -0.3 is 5.32 Å². The van der Waals surface area contributed by atoms with E-state index in [9.17, 15) is 13.2 Å². The molecule has 0 aliphatic heterocycles. The third-order valence-corrected chi connectivity index (χ3v) is 5.63. The van der Waals surface area contributed by atoms with E-state index in [1.165, 1.54) is 6.92 Å². The molecule has 5 heteroatoms. The van der Waals surface area contributed by atoms with Gasteiger partial charge in [-0.1, -0.05) is 47.5 Å². The van der Waals surface area contributed by atoms with Gasteiger partial charge in [0.05, 0.1) is 5.75 Å². The maximum atomic E-state index is 12.5. The van der Waals surface area contributed by atoms with Crippen molar-refractivity contribution in [2.24, 2.45) is 0 Å². The molecule has 0 aromatic heterocycles. The average Bonchev–Trinajstić information content (AvgIpc) is 2.45. The Morgan fingerprint density at radius 2 is 1.61 bits per heavy atom. The first-order valence-electron chi connectivity index (χ1n) is 7.42. The van der Waals surface area contributed by atoms with Crippen LogP contribution in [0.15, 0.2) is 48.5 Å². The Labute approximate surface area is 137 Å². The molecule has 23 heavy (non-hydrogen) atoms. The van der Waals surface area contributed by atoms with Gasteiger partial charge in [0.15, 0.2) is 9.84 Å². The van der Waals surface area contributed by atoms with Gasteiger partial charge in [-0.15, -0.1) is 0 Å². The van der Waals surface area contributed by atoms with Crippen LogP contribution in [0.5, 0.6) is 0 Å². The van der Waals surface area contributed by atoms with Crippen molar-refractivity contribution in [2.45, 2.75) is 31.8 Å². The standard InChI is InChI=1S/C18H21NO3S/c1-13-9-14(2)11-16(10-13)12-23(21,22)15(3)18(20)19-17-7-5-4-6-8-17/h4-11,15H,12H2,1-3H3,(H,19,20). The molecule has 2 aromatic carbocycles. The summed E-state index contributed by atoms with van der Waals surface area (Å²) < 4.78 is 25.0. The predicted octanol–water partition coefficient (Wildman–Crippen LogP) is 3.25. The number of benzene rings is 2. The molecule has 122 valence electrons. The molecule has 2 rings (SSSR count). The Morgan fingerprint density at radius 1 is 1.04 bits per heavy atom. The lowest BCUT2D eigenvalue weighted by Gasteiger charge is -2.14. The number of para-hydroxylation sites is 1. The monoisotopic (exact) mass is 331 g/mol. The Bertz CT molecular complexity index is 778. The summed E-state index contributed by atoms with van der Waals surface area (Å²) in [4.78, 5) is 12.2. The first-order chi connectivity index (χ1) is 10.8. The lowest BCUT2D eigenvalue weighted by atomic mass is 10.1. The van der Waals surface area contributed by atoms with Crippen molar-refractivity contribution in [3.63, 3.8) is 0 Å². The molecule has 0 aliphatic rings. The maximum absolute atomic E-state index is 12.5. The highest BCUT2D eigenvalue weighted by Crippen LogP contribution is 2.16. The molecule has 1 atom stereocenters. The van der Waals surface area contributed by atoms with Crippen LogP contribution in [0.2, 0.25) is 0 Å². The second-order valence-corrected chi connectivity index (χ2v) is 8.12. The van der Waals surface area contributed by atoms with E-state index >= 15 is 0 Å². The fourth-order valence-electron chi connectivity index (χ4n) is 2.44. The van der Waals surface area contributed by atoms with Crippen molar-refractivity contribution >= 4 is 21.4 Å². The topological polar surface area (TPSA) is 63.2 Å². The molecule has 1 N–H and O–H groups in total. The molecule has 0 heterocycles. The summed E-state index contributed by atoms with van der Waals surface area (Å²) >= 11 is 0. The number of amides is 1. The maximum Gasteiger partial charge on any atom is 0.242 e. The number of rotatable bonds is 5. The minimum atomic E-state index is -3.58. The van der Waals surface area contributed by atoms with Crippen LogP contribution in [0.4, 0.5) is 5.69 Å². The lowest BCUT2D eigenvalue weighted by Crippen LogP contribution is -2.33. The molecule has 1 unspecified atom stereocenters. The quantitative estimate of drug-likeness (QED) is 0.915. The van der Waals surface area contributed by atoms with Crippen LogP contribution in [0.3, 0.4) is 0 Å². The van der Waals surface area contributed by atoms with Crippen LogP contribution < -0.4 is 5.32 Å². The summed E-state index contributed by atoms with van der Waals surface area (Å²) in [6.45, 7) is 5.28. The summed E-state index contributed by atoms with van der Waals surface area (Å²) in [5, 5.41) is 1.53. The number of sulfone groups is 1. The number of aryl methyl sites for hydroxylation is 2. The zero-order valence-corrected chi connectivity index (χ0v) is 14.4. The highest BCUT2D eigenvalue weighted by atomic mass is 32.2. The van der Waals surface area contributed by atoms with E-state index < -0.39 is 21.0 Å². The average molecular weight is 331 g/mol. The lowest BCUT2D eigenvalue weighted by molar-refractivity contribution is -0.115. The predicted molar refractivity (Wildman–Crippen MR) is 93.1 cm³/mol. The van der Waals surface area contributed by atoms with Crippen LogP contribution >= 0.6 is 0 Å². The van der Waals surface area contributed by atoms with E-state index in [1.54, 1.807) is 24.3 Å². The van der Waals surface area contributed by atoms with Gasteiger partial charge in [0.25, 0.3) is 0 Å². The van der Waals surface area contributed by atoms with Crippen molar-refractivity contribution < 1.29 is 13.2 Å². The van der Waals surface area contributed by atoms with Gasteiger partial charge in [0.2, 0.25) is 5.91 Å². The van der Waals surface area contributed by atoms with Gasteiger partial charge in [0.1, 0.15) is 5.25 Å². The minimum absolute atomic E-state index is 0.140. The largest absolute Gasteiger partial charge is 0.325 e. The molecule has 0 aliphatic carbocycles. The Kier molecular flexibility index (Phi) is 5.21. The first kappa shape index (κ1) is 17.2. The summed E-state index contributed by atoms with van der Waals surface area (Å²) in [5.41, 5.74) is 3.32. The molecule has 1 amide bonds. The van der Waals surface area contributed by atoms with Crippen molar-refractivity contribution in [1.82, 2.24) is 0 Å². The number of carbonyl (C=O) groups excluding carboxylic acids is 1. The van der Waals surface area contributed by atoms with Crippen molar-refractivity contribution in [2.75, 3.05) is 5.32 Å². The molecule has 0 saturated carbocycles. The van der Waals surface area contributed by atoms with Crippen LogP contribution in [0, 0.1) is 13.8 Å². The number of anilines is 1. The van der Waals surface area contributed by atoms with E-state index in [0.717, 1.165) is 11.1 Å². The minimum Gasteiger partial charge on any atom is -0.325 e. The van der Waals surface area contributed by atoms with E-state index in [1.807, 2.05) is 38.1 Å². The van der Waals surface area contributed by atoms with Gasteiger partial charge in [-0.05, 0) is 38.5 Å². The van der Waals surface area contributed by atoms with E-state index in [2.05, 4.69) is 5.32 Å². The molecule has 4 nitrogen and oxygen atoms in total. The summed E-state index contributed by atoms with van der Waals surface area (Å²) in [7, 11) is -3.58. The molecule has 0 bridgehead atoms. The van der Waals surface area contributed by atoms with Crippen molar-refractivity contribution in [3.8, 4) is 0 Å². The van der Waals surface area contributed by atoms with Gasteiger partial charge in [-0.2, -0.15) is 0 Å². The van der Waals surface area contributed by atoms with Gasteiger partial charge in [0, 0.05) is 5.69 Å². The summed E-state index contributed by atoms with van der Waals surface area (Å²) in [6, 6.07) is 14.5. The number of carbonyl (C=O) groups is 1. The number of hydrogen-bond acceptors (Lipinski definition) is 3. The third kappa shape index (κ3) is 4.66. The molecular weight excluding hydrogens is 310 g/mol. The van der Waals surface area contributed by atoms with Gasteiger partial charge in [-0.25, -0.2) is 8.42 Å². The Morgan fingerprint density at radius 3 is 2.17 bits per heavy atom. The fraction of sp³-hybridized carbons (Fsp3) is 0.278. The fourth-order valence-corrected chi connectivity index (χ4v) is 3.70. The zero-order valence-electron chi connectivity index (χ0n) is 13.5. The summed E-state index contributed by atoms with van der Waals surface area (Å²) in [6.07, 6.45) is 0. The smallest absolute Gasteiger partial charge is 0.242 e. The van der Waals surface area contributed by atoms with Gasteiger partial charge in [-0.3, -0.25) is 4.79 Å². The Balaban J connectivity index is 2.13.